The van der Waals surface area contributed by atoms with Crippen LogP contribution in [0.4, 0.5) is 0 Å². The van der Waals surface area contributed by atoms with Gasteiger partial charge < -0.3 is 10.8 Å². The molecule has 0 aromatic rings. The second kappa shape index (κ2) is 1.50. The van der Waals surface area contributed by atoms with E-state index in [1.54, 1.807) is 0 Å². The maximum atomic E-state index is 8.63. The predicted molar refractivity (Wildman–Crippen MR) is 26.9 cm³/mol. The van der Waals surface area contributed by atoms with Crippen LogP contribution >= 0.6 is 0 Å². The topological polar surface area (TPSA) is 58.6 Å². The minimum atomic E-state index is -0.514. The molecule has 3 nitrogen and oxygen atoms in total. The maximum Gasteiger partial charge on any atom is 0.147 e. The number of hydrogen-bond acceptors (Lipinski definition) is 3. The number of amidine groups is 1. The SMILES string of the molecule is NC1=NC(O)CC1. The van der Waals surface area contributed by atoms with Crippen molar-refractivity contribution in [3.63, 3.8) is 0 Å². The zero-order valence-electron chi connectivity index (χ0n) is 3.96. The van der Waals surface area contributed by atoms with Crippen LogP contribution in [0.3, 0.4) is 0 Å². The Hall–Kier alpha value is -0.570. The summed E-state index contributed by atoms with van der Waals surface area (Å²) >= 11 is 0. The summed E-state index contributed by atoms with van der Waals surface area (Å²) in [7, 11) is 0. The van der Waals surface area contributed by atoms with Gasteiger partial charge in [0.25, 0.3) is 0 Å². The van der Waals surface area contributed by atoms with Gasteiger partial charge in [0.1, 0.15) is 6.23 Å². The van der Waals surface area contributed by atoms with Crippen molar-refractivity contribution in [1.82, 2.24) is 0 Å². The largest absolute Gasteiger partial charge is 0.387 e. The summed E-state index contributed by atoms with van der Waals surface area (Å²) in [5.41, 5.74) is 5.22. The Labute approximate surface area is 41.9 Å². The number of aliphatic imine (C=N–C) groups is 1. The van der Waals surface area contributed by atoms with Gasteiger partial charge in [0.2, 0.25) is 0 Å². The molecule has 40 valence electrons. The molecule has 0 aliphatic carbocycles. The van der Waals surface area contributed by atoms with Crippen LogP contribution in [0.1, 0.15) is 12.8 Å². The minimum Gasteiger partial charge on any atom is -0.387 e. The zero-order valence-corrected chi connectivity index (χ0v) is 3.96. The first-order valence-corrected chi connectivity index (χ1v) is 2.29. The Kier molecular flexibility index (Phi) is 0.982. The molecule has 0 bridgehead atoms. The Balaban J connectivity index is 2.50. The van der Waals surface area contributed by atoms with E-state index in [0.29, 0.717) is 12.3 Å². The molecule has 1 atom stereocenters. The molecule has 0 spiro atoms. The van der Waals surface area contributed by atoms with Crippen molar-refractivity contribution in [3.05, 3.63) is 0 Å². The number of hydrogen-bond donors (Lipinski definition) is 2. The highest BCUT2D eigenvalue weighted by Gasteiger charge is 2.09. The molecule has 0 aromatic carbocycles. The molecular formula is C4H8N2O. The molecule has 0 saturated carbocycles. The standard InChI is InChI=1S/C4H8N2O/c5-3-1-2-4(7)6-3/h4,7H,1-2H2,(H2,5,6). The fourth-order valence-corrected chi connectivity index (χ4v) is 0.597. The van der Waals surface area contributed by atoms with Crippen LogP contribution in [0.15, 0.2) is 4.99 Å². The van der Waals surface area contributed by atoms with Crippen LogP contribution in [0.5, 0.6) is 0 Å². The first kappa shape index (κ1) is 4.59. The molecule has 1 aliphatic heterocycles. The number of nitrogens with zero attached hydrogens (tertiary/aromatic N) is 1. The average molecular weight is 100 g/mol. The molecule has 1 aliphatic rings. The molecule has 0 aromatic heterocycles. The lowest BCUT2D eigenvalue weighted by molar-refractivity contribution is 0.186. The fourth-order valence-electron chi connectivity index (χ4n) is 0.597. The first-order valence-electron chi connectivity index (χ1n) is 2.29. The number of rotatable bonds is 0. The highest BCUT2D eigenvalue weighted by molar-refractivity contribution is 5.81. The summed E-state index contributed by atoms with van der Waals surface area (Å²) in [5.74, 6) is 0.576. The summed E-state index contributed by atoms with van der Waals surface area (Å²) in [4.78, 5) is 3.64. The third-order valence-corrected chi connectivity index (χ3v) is 0.974. The van der Waals surface area contributed by atoms with Crippen molar-refractivity contribution in [2.24, 2.45) is 10.7 Å². The highest BCUT2D eigenvalue weighted by atomic mass is 16.3. The van der Waals surface area contributed by atoms with Gasteiger partial charge in [-0.15, -0.1) is 0 Å². The normalized spacial score (nSPS) is 30.4. The lowest BCUT2D eigenvalue weighted by atomic mass is 10.3. The van der Waals surface area contributed by atoms with Gasteiger partial charge in [-0.3, -0.25) is 0 Å². The summed E-state index contributed by atoms with van der Waals surface area (Å²) in [6.07, 6.45) is 0.937. The molecule has 1 unspecified atom stereocenters. The maximum absolute atomic E-state index is 8.63. The molecule has 3 heteroatoms. The lowest BCUT2D eigenvalue weighted by Gasteiger charge is -1.88. The molecule has 0 saturated heterocycles. The Bertz CT molecular complexity index is 99.9. The van der Waals surface area contributed by atoms with Crippen molar-refractivity contribution in [1.29, 1.82) is 0 Å². The monoisotopic (exact) mass is 100 g/mol. The molecular weight excluding hydrogens is 92.1 g/mol. The number of aliphatic hydroxyl groups excluding tert-OH is 1. The van der Waals surface area contributed by atoms with E-state index >= 15 is 0 Å². The van der Waals surface area contributed by atoms with E-state index in [1.165, 1.54) is 0 Å². The molecule has 3 N–H and O–H groups in total. The van der Waals surface area contributed by atoms with Crippen LogP contribution < -0.4 is 5.73 Å². The smallest absolute Gasteiger partial charge is 0.147 e. The first-order chi connectivity index (χ1) is 3.29. The second-order valence-corrected chi connectivity index (χ2v) is 1.64. The van der Waals surface area contributed by atoms with E-state index < -0.39 is 6.23 Å². The Morgan fingerprint density at radius 3 is 2.71 bits per heavy atom. The van der Waals surface area contributed by atoms with Crippen LogP contribution in [-0.2, 0) is 0 Å². The quantitative estimate of drug-likeness (QED) is 0.429. The van der Waals surface area contributed by atoms with Crippen LogP contribution in [0.2, 0.25) is 0 Å². The molecule has 0 amide bonds. The second-order valence-electron chi connectivity index (χ2n) is 1.64. The van der Waals surface area contributed by atoms with Gasteiger partial charge in [0, 0.05) is 12.8 Å². The van der Waals surface area contributed by atoms with Gasteiger partial charge >= 0.3 is 0 Å². The molecule has 1 heterocycles. The van der Waals surface area contributed by atoms with Gasteiger partial charge in [-0.1, -0.05) is 0 Å². The molecule has 0 radical (unpaired) electrons. The fraction of sp³-hybridized carbons (Fsp3) is 0.750. The third-order valence-electron chi connectivity index (χ3n) is 0.974. The Morgan fingerprint density at radius 1 is 1.86 bits per heavy atom. The van der Waals surface area contributed by atoms with E-state index in [-0.39, 0.29) is 0 Å². The van der Waals surface area contributed by atoms with Crippen LogP contribution in [0, 0.1) is 0 Å². The summed E-state index contributed by atoms with van der Waals surface area (Å²) < 4.78 is 0. The van der Waals surface area contributed by atoms with Gasteiger partial charge in [-0.25, -0.2) is 4.99 Å². The van der Waals surface area contributed by atoms with Gasteiger partial charge in [-0.2, -0.15) is 0 Å². The van der Waals surface area contributed by atoms with E-state index in [1.807, 2.05) is 0 Å². The van der Waals surface area contributed by atoms with Crippen molar-refractivity contribution >= 4 is 5.84 Å². The highest BCUT2D eigenvalue weighted by Crippen LogP contribution is 2.05. The van der Waals surface area contributed by atoms with E-state index in [2.05, 4.69) is 4.99 Å². The third kappa shape index (κ3) is 0.899. The molecule has 0 fully saturated rings. The minimum absolute atomic E-state index is 0.514. The van der Waals surface area contributed by atoms with E-state index in [0.717, 1.165) is 6.42 Å². The summed E-state index contributed by atoms with van der Waals surface area (Å²) in [5, 5.41) is 8.63. The van der Waals surface area contributed by atoms with Gasteiger partial charge in [0.15, 0.2) is 0 Å². The zero-order chi connectivity index (χ0) is 5.28. The molecule has 7 heavy (non-hydrogen) atoms. The van der Waals surface area contributed by atoms with Crippen molar-refractivity contribution in [2.75, 3.05) is 0 Å². The van der Waals surface area contributed by atoms with Crippen LogP contribution in [-0.4, -0.2) is 17.2 Å². The van der Waals surface area contributed by atoms with Crippen molar-refractivity contribution in [3.8, 4) is 0 Å². The molecule has 1 rings (SSSR count). The Morgan fingerprint density at radius 2 is 2.57 bits per heavy atom. The summed E-state index contributed by atoms with van der Waals surface area (Å²) in [6.45, 7) is 0. The van der Waals surface area contributed by atoms with E-state index in [9.17, 15) is 0 Å². The van der Waals surface area contributed by atoms with Gasteiger partial charge in [0.05, 0.1) is 5.84 Å². The van der Waals surface area contributed by atoms with Gasteiger partial charge in [-0.05, 0) is 0 Å². The predicted octanol–water partition coefficient (Wildman–Crippen LogP) is -0.544. The average Bonchev–Trinajstić information content (AvgIpc) is 1.87. The van der Waals surface area contributed by atoms with Crippen molar-refractivity contribution in [2.45, 2.75) is 19.1 Å². The van der Waals surface area contributed by atoms with E-state index in [4.69, 9.17) is 10.8 Å². The number of nitrogens with two attached hydrogens (primary N) is 1. The van der Waals surface area contributed by atoms with Crippen molar-refractivity contribution < 1.29 is 5.11 Å². The number of aliphatic hydroxyl groups is 1. The summed E-state index contributed by atoms with van der Waals surface area (Å²) in [6, 6.07) is 0. The lowest BCUT2D eigenvalue weighted by Crippen LogP contribution is -2.05. The van der Waals surface area contributed by atoms with Crippen LogP contribution in [0.25, 0.3) is 0 Å².